The molecule has 8 nitrogen and oxygen atoms in total. The fraction of sp³-hybridized carbons (Fsp3) is 0.357. The van der Waals surface area contributed by atoms with E-state index in [1.807, 2.05) is 20.8 Å². The fourth-order valence-electron chi connectivity index (χ4n) is 1.64. The van der Waals surface area contributed by atoms with Crippen LogP contribution in [0.25, 0.3) is 11.5 Å². The Balaban J connectivity index is 2.34. The van der Waals surface area contributed by atoms with Crippen molar-refractivity contribution in [2.24, 2.45) is 0 Å². The predicted molar refractivity (Wildman–Crippen MR) is 87.5 cm³/mol. The number of hydrogen-bond acceptors (Lipinski definition) is 7. The number of methoxy groups -OCH3 is 1. The van der Waals surface area contributed by atoms with Gasteiger partial charge >= 0.3 is 6.09 Å². The topological polar surface area (TPSA) is 102 Å². The van der Waals surface area contributed by atoms with E-state index in [2.05, 4.69) is 35.3 Å². The SMILES string of the molecule is COC(=O)Nc1cccc(-c2nc(Cl)nc(NC(C)(C)C)n2)n1. The highest BCUT2D eigenvalue weighted by Gasteiger charge is 2.15. The van der Waals surface area contributed by atoms with Gasteiger partial charge in [0.1, 0.15) is 11.5 Å². The van der Waals surface area contributed by atoms with Gasteiger partial charge in [0.15, 0.2) is 5.82 Å². The van der Waals surface area contributed by atoms with Crippen molar-refractivity contribution >= 4 is 29.5 Å². The van der Waals surface area contributed by atoms with Crippen LogP contribution in [0.1, 0.15) is 20.8 Å². The highest BCUT2D eigenvalue weighted by Crippen LogP contribution is 2.19. The first-order valence-electron chi connectivity index (χ1n) is 6.79. The van der Waals surface area contributed by atoms with Crippen molar-refractivity contribution in [3.05, 3.63) is 23.5 Å². The number of carbonyl (C=O) groups is 1. The van der Waals surface area contributed by atoms with Crippen molar-refractivity contribution in [2.45, 2.75) is 26.3 Å². The third-order valence-corrected chi connectivity index (χ3v) is 2.66. The summed E-state index contributed by atoms with van der Waals surface area (Å²) in [6.45, 7) is 5.93. The molecule has 0 saturated carbocycles. The zero-order valence-corrected chi connectivity index (χ0v) is 14.0. The van der Waals surface area contributed by atoms with Crippen molar-refractivity contribution in [3.63, 3.8) is 0 Å². The van der Waals surface area contributed by atoms with E-state index in [1.165, 1.54) is 7.11 Å². The van der Waals surface area contributed by atoms with Crippen LogP contribution < -0.4 is 10.6 Å². The molecule has 0 aromatic carbocycles. The quantitative estimate of drug-likeness (QED) is 0.888. The smallest absolute Gasteiger partial charge is 0.412 e. The van der Waals surface area contributed by atoms with Crippen LogP contribution >= 0.6 is 11.6 Å². The van der Waals surface area contributed by atoms with Gasteiger partial charge in [-0.1, -0.05) is 6.07 Å². The molecule has 0 bridgehead atoms. The number of halogens is 1. The third kappa shape index (κ3) is 5.03. The minimum atomic E-state index is -0.613. The van der Waals surface area contributed by atoms with Gasteiger partial charge in [-0.05, 0) is 44.5 Å². The Morgan fingerprint density at radius 1 is 1.17 bits per heavy atom. The average molecular weight is 337 g/mol. The van der Waals surface area contributed by atoms with E-state index in [1.54, 1.807) is 18.2 Å². The molecule has 0 spiro atoms. The molecule has 2 aromatic heterocycles. The van der Waals surface area contributed by atoms with Crippen molar-refractivity contribution in [1.29, 1.82) is 0 Å². The van der Waals surface area contributed by atoms with Crippen LogP contribution in [0.2, 0.25) is 5.28 Å². The molecule has 1 amide bonds. The second-order valence-electron chi connectivity index (χ2n) is 5.65. The molecule has 2 aromatic rings. The monoisotopic (exact) mass is 336 g/mol. The largest absolute Gasteiger partial charge is 0.453 e. The molecule has 0 radical (unpaired) electrons. The van der Waals surface area contributed by atoms with Crippen LogP contribution in [0.3, 0.4) is 0 Å². The minimum absolute atomic E-state index is 0.0508. The second kappa shape index (κ2) is 6.74. The number of hydrogen-bond donors (Lipinski definition) is 2. The molecule has 23 heavy (non-hydrogen) atoms. The zero-order valence-electron chi connectivity index (χ0n) is 13.2. The van der Waals surface area contributed by atoms with E-state index in [-0.39, 0.29) is 10.8 Å². The maximum Gasteiger partial charge on any atom is 0.412 e. The van der Waals surface area contributed by atoms with Gasteiger partial charge in [0, 0.05) is 5.54 Å². The van der Waals surface area contributed by atoms with E-state index in [0.29, 0.717) is 23.3 Å². The first-order chi connectivity index (χ1) is 10.8. The third-order valence-electron chi connectivity index (χ3n) is 2.49. The highest BCUT2D eigenvalue weighted by atomic mass is 35.5. The van der Waals surface area contributed by atoms with E-state index in [9.17, 15) is 4.79 Å². The van der Waals surface area contributed by atoms with Crippen LogP contribution in [0.15, 0.2) is 18.2 Å². The summed E-state index contributed by atoms with van der Waals surface area (Å²) in [5.74, 6) is 0.960. The lowest BCUT2D eigenvalue weighted by atomic mass is 10.1. The number of amides is 1. The van der Waals surface area contributed by atoms with Gasteiger partial charge < -0.3 is 10.1 Å². The van der Waals surface area contributed by atoms with E-state index < -0.39 is 6.09 Å². The summed E-state index contributed by atoms with van der Waals surface area (Å²) in [6.07, 6.45) is -0.613. The summed E-state index contributed by atoms with van der Waals surface area (Å²) < 4.78 is 4.53. The summed E-state index contributed by atoms with van der Waals surface area (Å²) in [7, 11) is 1.27. The Morgan fingerprint density at radius 3 is 2.57 bits per heavy atom. The lowest BCUT2D eigenvalue weighted by Crippen LogP contribution is -2.27. The summed E-state index contributed by atoms with van der Waals surface area (Å²) in [5, 5.41) is 5.65. The van der Waals surface area contributed by atoms with Gasteiger partial charge in [-0.2, -0.15) is 15.0 Å². The van der Waals surface area contributed by atoms with E-state index in [0.717, 1.165) is 0 Å². The number of pyridine rings is 1. The molecule has 0 atom stereocenters. The Hall–Kier alpha value is -2.48. The normalized spacial score (nSPS) is 11.0. The van der Waals surface area contributed by atoms with Gasteiger partial charge in [0.05, 0.1) is 7.11 Å². The molecule has 0 aliphatic rings. The Morgan fingerprint density at radius 2 is 1.91 bits per heavy atom. The van der Waals surface area contributed by atoms with Crippen LogP contribution in [0.4, 0.5) is 16.6 Å². The molecule has 122 valence electrons. The Bertz CT molecular complexity index is 717. The van der Waals surface area contributed by atoms with E-state index >= 15 is 0 Å². The molecule has 9 heteroatoms. The lowest BCUT2D eigenvalue weighted by Gasteiger charge is -2.20. The van der Waals surface area contributed by atoms with Crippen molar-refractivity contribution in [2.75, 3.05) is 17.7 Å². The molecule has 0 unspecified atom stereocenters. The summed E-state index contributed by atoms with van der Waals surface area (Å²) in [6, 6.07) is 5.04. The van der Waals surface area contributed by atoms with Crippen molar-refractivity contribution in [1.82, 2.24) is 19.9 Å². The molecular formula is C14H17ClN6O2. The number of nitrogens with zero attached hydrogens (tertiary/aromatic N) is 4. The molecule has 2 rings (SSSR count). The van der Waals surface area contributed by atoms with Crippen molar-refractivity contribution < 1.29 is 9.53 Å². The minimum Gasteiger partial charge on any atom is -0.453 e. The van der Waals surface area contributed by atoms with Crippen LogP contribution in [-0.4, -0.2) is 38.7 Å². The predicted octanol–water partition coefficient (Wildman–Crippen LogP) is 2.98. The highest BCUT2D eigenvalue weighted by molar-refractivity contribution is 6.28. The number of anilines is 2. The number of rotatable bonds is 3. The number of aromatic nitrogens is 4. The van der Waals surface area contributed by atoms with Crippen LogP contribution in [0.5, 0.6) is 0 Å². The standard InChI is InChI=1S/C14H17ClN6O2/c1-14(2,3)21-12-19-10(18-11(15)20-12)8-6-5-7-9(16-8)17-13(22)23-4/h5-7H,1-4H3,(H,16,17,22)(H,18,19,20,21). The van der Waals surface area contributed by atoms with Crippen LogP contribution in [-0.2, 0) is 4.74 Å². The fourth-order valence-corrected chi connectivity index (χ4v) is 1.80. The van der Waals surface area contributed by atoms with Gasteiger partial charge in [-0.15, -0.1) is 0 Å². The molecule has 2 heterocycles. The van der Waals surface area contributed by atoms with E-state index in [4.69, 9.17) is 11.6 Å². The maximum absolute atomic E-state index is 11.2. The Kier molecular flexibility index (Phi) is 4.95. The molecular weight excluding hydrogens is 320 g/mol. The van der Waals surface area contributed by atoms with Crippen molar-refractivity contribution in [3.8, 4) is 11.5 Å². The summed E-state index contributed by atoms with van der Waals surface area (Å²) in [5.41, 5.74) is 0.212. The first kappa shape index (κ1) is 16.9. The molecule has 2 N–H and O–H groups in total. The first-order valence-corrected chi connectivity index (χ1v) is 7.17. The number of carbonyl (C=O) groups excluding carboxylic acids is 1. The van der Waals surface area contributed by atoms with Gasteiger partial charge in [0.25, 0.3) is 0 Å². The molecule has 0 saturated heterocycles. The van der Waals surface area contributed by atoms with Gasteiger partial charge in [-0.3, -0.25) is 5.32 Å². The number of ether oxygens (including phenoxy) is 1. The second-order valence-corrected chi connectivity index (χ2v) is 5.99. The lowest BCUT2D eigenvalue weighted by molar-refractivity contribution is 0.187. The van der Waals surface area contributed by atoms with Gasteiger partial charge in [-0.25, -0.2) is 9.78 Å². The zero-order chi connectivity index (χ0) is 17.0. The van der Waals surface area contributed by atoms with Gasteiger partial charge in [0.2, 0.25) is 11.2 Å². The molecule has 0 aliphatic carbocycles. The average Bonchev–Trinajstić information content (AvgIpc) is 2.45. The molecule has 0 fully saturated rings. The summed E-state index contributed by atoms with van der Waals surface area (Å²) in [4.78, 5) is 27.9. The summed E-state index contributed by atoms with van der Waals surface area (Å²) >= 11 is 5.96. The van der Waals surface area contributed by atoms with Crippen LogP contribution in [0, 0.1) is 0 Å². The Labute approximate surface area is 138 Å². The maximum atomic E-state index is 11.2. The molecule has 0 aliphatic heterocycles. The number of nitrogens with one attached hydrogen (secondary N) is 2.